The van der Waals surface area contributed by atoms with E-state index in [2.05, 4.69) is 191 Å². The highest BCUT2D eigenvalue weighted by Crippen LogP contribution is 2.34. The van der Waals surface area contributed by atoms with Crippen molar-refractivity contribution < 1.29 is 0 Å². The smallest absolute Gasteiger partial charge is 0.0702 e. The second-order valence-electron chi connectivity index (χ2n) is 12.8. The van der Waals surface area contributed by atoms with E-state index in [1.165, 1.54) is 54.7 Å². The van der Waals surface area contributed by atoms with E-state index in [-0.39, 0.29) is 0 Å². The molecule has 0 unspecified atom stereocenters. The van der Waals surface area contributed by atoms with Gasteiger partial charge >= 0.3 is 0 Å². The van der Waals surface area contributed by atoms with Gasteiger partial charge < -0.3 is 9.13 Å². The third kappa shape index (κ3) is 4.56. The Balaban J connectivity index is 0.893. The molecule has 3 heteroatoms. The molecule has 3 aromatic heterocycles. The van der Waals surface area contributed by atoms with Crippen molar-refractivity contribution >= 4 is 43.6 Å². The van der Waals surface area contributed by atoms with Crippen LogP contribution in [0.1, 0.15) is 0 Å². The fourth-order valence-corrected chi connectivity index (χ4v) is 7.58. The number of fused-ring (bicyclic) bond motifs is 6. The van der Waals surface area contributed by atoms with E-state index < -0.39 is 0 Å². The third-order valence-corrected chi connectivity index (χ3v) is 10.0. The molecule has 0 N–H and O–H groups in total. The van der Waals surface area contributed by atoms with Crippen LogP contribution in [0.4, 0.5) is 0 Å². The Morgan fingerprint density at radius 1 is 0.280 bits per heavy atom. The highest BCUT2D eigenvalue weighted by Gasteiger charge is 2.13. The zero-order chi connectivity index (χ0) is 33.0. The zero-order valence-corrected chi connectivity index (χ0v) is 27.2. The maximum absolute atomic E-state index is 4.86. The van der Waals surface area contributed by atoms with Crippen LogP contribution < -0.4 is 0 Å². The minimum atomic E-state index is 0.962. The molecule has 10 rings (SSSR count). The number of rotatable bonds is 5. The van der Waals surface area contributed by atoms with Gasteiger partial charge in [-0.05, 0) is 71.3 Å². The number of benzene rings is 7. The highest BCUT2D eigenvalue weighted by atomic mass is 15.0. The number of aromatic nitrogens is 3. The molecule has 10 aromatic rings. The summed E-state index contributed by atoms with van der Waals surface area (Å²) >= 11 is 0. The first-order valence-electron chi connectivity index (χ1n) is 17.0. The summed E-state index contributed by atoms with van der Waals surface area (Å²) in [5.74, 6) is 0. The van der Waals surface area contributed by atoms with Gasteiger partial charge in [0.1, 0.15) is 0 Å². The Hall–Kier alpha value is -6.71. The third-order valence-electron chi connectivity index (χ3n) is 10.0. The quantitative estimate of drug-likeness (QED) is 0.184. The van der Waals surface area contributed by atoms with Crippen molar-refractivity contribution in [3.05, 3.63) is 188 Å². The lowest BCUT2D eigenvalue weighted by Gasteiger charge is -2.10. The van der Waals surface area contributed by atoms with Crippen molar-refractivity contribution in [2.75, 3.05) is 0 Å². The van der Waals surface area contributed by atoms with Gasteiger partial charge in [-0.2, -0.15) is 0 Å². The molecule has 3 nitrogen and oxygen atoms in total. The maximum atomic E-state index is 4.86. The van der Waals surface area contributed by atoms with Crippen LogP contribution in [-0.2, 0) is 0 Å². The molecule has 0 aliphatic carbocycles. The average Bonchev–Trinajstić information content (AvgIpc) is 3.71. The van der Waals surface area contributed by atoms with Gasteiger partial charge in [-0.25, -0.2) is 0 Å². The van der Waals surface area contributed by atoms with Gasteiger partial charge in [0.2, 0.25) is 0 Å². The van der Waals surface area contributed by atoms with Gasteiger partial charge in [0.15, 0.2) is 0 Å². The molecule has 0 aliphatic rings. The van der Waals surface area contributed by atoms with Gasteiger partial charge in [-0.1, -0.05) is 127 Å². The molecular formula is C47H31N3. The van der Waals surface area contributed by atoms with E-state index in [1.807, 2.05) is 6.20 Å². The van der Waals surface area contributed by atoms with Crippen LogP contribution in [-0.4, -0.2) is 14.1 Å². The molecule has 0 aliphatic heterocycles. The Bertz CT molecular complexity index is 2510. The molecule has 50 heavy (non-hydrogen) atoms. The highest BCUT2D eigenvalue weighted by molar-refractivity contribution is 6.10. The molecule has 0 saturated heterocycles. The molecule has 0 atom stereocenters. The lowest BCUT2D eigenvalue weighted by Crippen LogP contribution is -1.93. The monoisotopic (exact) mass is 637 g/mol. The molecule has 0 saturated carbocycles. The fourth-order valence-electron chi connectivity index (χ4n) is 7.58. The molecule has 0 spiro atoms. The molecule has 7 aromatic carbocycles. The summed E-state index contributed by atoms with van der Waals surface area (Å²) in [6, 6.07) is 65.2. The molecule has 0 amide bonds. The van der Waals surface area contributed by atoms with Crippen LogP contribution in [0, 0.1) is 0 Å². The number of hydrogen-bond donors (Lipinski definition) is 0. The molecular weight excluding hydrogens is 607 g/mol. The summed E-state index contributed by atoms with van der Waals surface area (Å²) in [7, 11) is 0. The van der Waals surface area contributed by atoms with Crippen molar-refractivity contribution in [3.63, 3.8) is 0 Å². The first-order valence-corrected chi connectivity index (χ1v) is 17.0. The lowest BCUT2D eigenvalue weighted by atomic mass is 10.0. The SMILES string of the molecule is c1ccc2c(c1)c1ccccc1n2-c1ccc(-c2ccc(-c3ccc(-c4ccc(-n5c6ccccc6c6ccccc65)cc4)cn3)cc2)cc1. The van der Waals surface area contributed by atoms with Crippen molar-refractivity contribution in [1.29, 1.82) is 0 Å². The predicted molar refractivity (Wildman–Crippen MR) is 209 cm³/mol. The normalized spacial score (nSPS) is 11.6. The fraction of sp³-hybridized carbons (Fsp3) is 0. The number of para-hydroxylation sites is 4. The Morgan fingerprint density at radius 3 is 0.980 bits per heavy atom. The lowest BCUT2D eigenvalue weighted by molar-refractivity contribution is 1.18. The molecule has 3 heterocycles. The van der Waals surface area contributed by atoms with E-state index >= 15 is 0 Å². The van der Waals surface area contributed by atoms with Crippen LogP contribution in [0.15, 0.2) is 188 Å². The topological polar surface area (TPSA) is 22.8 Å². The van der Waals surface area contributed by atoms with Crippen molar-refractivity contribution in [2.45, 2.75) is 0 Å². The average molecular weight is 638 g/mol. The van der Waals surface area contributed by atoms with Crippen LogP contribution in [0.2, 0.25) is 0 Å². The Morgan fingerprint density at radius 2 is 0.600 bits per heavy atom. The largest absolute Gasteiger partial charge is 0.309 e. The van der Waals surface area contributed by atoms with Crippen LogP contribution in [0.25, 0.3) is 88.5 Å². The summed E-state index contributed by atoms with van der Waals surface area (Å²) in [5, 5.41) is 5.09. The van der Waals surface area contributed by atoms with E-state index in [9.17, 15) is 0 Å². The van der Waals surface area contributed by atoms with Gasteiger partial charge in [-0.15, -0.1) is 0 Å². The Labute approximate surface area is 290 Å². The molecule has 0 bridgehead atoms. The van der Waals surface area contributed by atoms with Crippen LogP contribution in [0.5, 0.6) is 0 Å². The second-order valence-corrected chi connectivity index (χ2v) is 12.8. The summed E-state index contributed by atoms with van der Waals surface area (Å²) in [6.07, 6.45) is 1.98. The van der Waals surface area contributed by atoms with Gasteiger partial charge in [0.25, 0.3) is 0 Å². The minimum absolute atomic E-state index is 0.962. The number of hydrogen-bond acceptors (Lipinski definition) is 1. The van der Waals surface area contributed by atoms with E-state index in [4.69, 9.17) is 4.98 Å². The zero-order valence-electron chi connectivity index (χ0n) is 27.2. The minimum Gasteiger partial charge on any atom is -0.309 e. The Kier molecular flexibility index (Phi) is 6.49. The van der Waals surface area contributed by atoms with Crippen LogP contribution >= 0.6 is 0 Å². The number of pyridine rings is 1. The van der Waals surface area contributed by atoms with Gasteiger partial charge in [0, 0.05) is 50.2 Å². The summed E-state index contributed by atoms with van der Waals surface area (Å²) in [4.78, 5) is 4.86. The summed E-state index contributed by atoms with van der Waals surface area (Å²) < 4.78 is 4.70. The first kappa shape index (κ1) is 28.3. The van der Waals surface area contributed by atoms with Crippen LogP contribution in [0.3, 0.4) is 0 Å². The molecule has 234 valence electrons. The van der Waals surface area contributed by atoms with Gasteiger partial charge in [-0.3, -0.25) is 4.98 Å². The van der Waals surface area contributed by atoms with Crippen molar-refractivity contribution in [1.82, 2.24) is 14.1 Å². The molecule has 0 fully saturated rings. The predicted octanol–water partition coefficient (Wildman–Crippen LogP) is 12.3. The number of nitrogens with zero attached hydrogens (tertiary/aromatic N) is 3. The van der Waals surface area contributed by atoms with Gasteiger partial charge in [0.05, 0.1) is 27.8 Å². The first-order chi connectivity index (χ1) is 24.8. The summed E-state index contributed by atoms with van der Waals surface area (Å²) in [5.41, 5.74) is 13.9. The van der Waals surface area contributed by atoms with E-state index in [0.717, 1.165) is 33.8 Å². The maximum Gasteiger partial charge on any atom is 0.0702 e. The van der Waals surface area contributed by atoms with E-state index in [0.29, 0.717) is 0 Å². The van der Waals surface area contributed by atoms with E-state index in [1.54, 1.807) is 0 Å². The standard InChI is InChI=1S/C47H31N3/c1-5-13-44-39(9-1)40-10-2-6-14-45(40)49(44)37-26-21-33(22-27-37)32-17-19-35(20-18-32)43-30-25-36(31-48-43)34-23-28-38(29-24-34)50-46-15-7-3-11-41(46)42-12-4-8-16-47(42)50/h1-31H. The van der Waals surface area contributed by atoms with Crippen molar-refractivity contribution in [2.24, 2.45) is 0 Å². The van der Waals surface area contributed by atoms with Crippen molar-refractivity contribution in [3.8, 4) is 44.9 Å². The molecule has 0 radical (unpaired) electrons. The second kappa shape index (κ2) is 11.5. The summed E-state index contributed by atoms with van der Waals surface area (Å²) in [6.45, 7) is 0.